The molecule has 2 amide bonds. The van der Waals surface area contributed by atoms with Crippen molar-refractivity contribution < 1.29 is 9.59 Å². The van der Waals surface area contributed by atoms with Gasteiger partial charge < -0.3 is 0 Å². The minimum Gasteiger partial charge on any atom is -0.278 e. The Balaban J connectivity index is 2.16. The van der Waals surface area contributed by atoms with Gasteiger partial charge in [-0.25, -0.2) is 0 Å². The third-order valence-electron chi connectivity index (χ3n) is 4.17. The van der Waals surface area contributed by atoms with Gasteiger partial charge in [-0.3, -0.25) is 14.5 Å². The van der Waals surface area contributed by atoms with Gasteiger partial charge in [0.05, 0.1) is 5.57 Å². The van der Waals surface area contributed by atoms with E-state index >= 15 is 0 Å². The largest absolute Gasteiger partial charge is 0.278 e. The topological polar surface area (TPSA) is 37.4 Å². The van der Waals surface area contributed by atoms with Crippen molar-refractivity contribution in [3.8, 4) is 0 Å². The summed E-state index contributed by atoms with van der Waals surface area (Å²) >= 11 is 0. The average Bonchev–Trinajstić information content (AvgIpc) is 2.80. The van der Waals surface area contributed by atoms with Crippen LogP contribution in [0.5, 0.6) is 0 Å². The van der Waals surface area contributed by atoms with E-state index < -0.39 is 0 Å². The molecule has 4 rings (SSSR count). The van der Waals surface area contributed by atoms with Gasteiger partial charge in [0, 0.05) is 18.7 Å². The van der Waals surface area contributed by atoms with Crippen LogP contribution in [0, 0.1) is 0 Å². The molecule has 1 heterocycles. The van der Waals surface area contributed by atoms with Crippen molar-refractivity contribution in [3.05, 3.63) is 66.2 Å². The zero-order valence-corrected chi connectivity index (χ0v) is 12.0. The van der Waals surface area contributed by atoms with Gasteiger partial charge in [-0.15, -0.1) is 0 Å². The van der Waals surface area contributed by atoms with Crippen molar-refractivity contribution in [2.24, 2.45) is 0 Å². The summed E-state index contributed by atoms with van der Waals surface area (Å²) in [6.07, 6.45) is 1.44. The van der Waals surface area contributed by atoms with Crippen LogP contribution in [0.4, 0.5) is 0 Å². The number of nitrogens with zero attached hydrogens (tertiary/aromatic N) is 1. The van der Waals surface area contributed by atoms with Crippen LogP contribution >= 0.6 is 0 Å². The van der Waals surface area contributed by atoms with E-state index in [-0.39, 0.29) is 11.8 Å². The number of hydrogen-bond acceptors (Lipinski definition) is 2. The molecule has 3 nitrogen and oxygen atoms in total. The summed E-state index contributed by atoms with van der Waals surface area (Å²) in [5, 5.41) is 4.10. The van der Waals surface area contributed by atoms with Gasteiger partial charge in [-0.1, -0.05) is 48.5 Å². The Morgan fingerprint density at radius 1 is 0.818 bits per heavy atom. The molecular formula is C19H13NO2. The first-order valence-electron chi connectivity index (χ1n) is 7.11. The third-order valence-corrected chi connectivity index (χ3v) is 4.17. The maximum Gasteiger partial charge on any atom is 0.261 e. The molecule has 0 saturated carbocycles. The molecule has 3 aromatic carbocycles. The lowest BCUT2D eigenvalue weighted by molar-refractivity contribution is -0.134. The van der Waals surface area contributed by atoms with Crippen molar-refractivity contribution in [3.63, 3.8) is 0 Å². The van der Waals surface area contributed by atoms with Crippen LogP contribution in [0.2, 0.25) is 0 Å². The van der Waals surface area contributed by atoms with Crippen LogP contribution in [-0.2, 0) is 9.59 Å². The molecule has 0 unspecified atom stereocenters. The van der Waals surface area contributed by atoms with Crippen LogP contribution in [0.3, 0.4) is 0 Å². The molecule has 1 aliphatic rings. The van der Waals surface area contributed by atoms with Gasteiger partial charge in [0.1, 0.15) is 0 Å². The molecule has 106 valence electrons. The summed E-state index contributed by atoms with van der Waals surface area (Å²) in [7, 11) is 1.52. The normalized spacial score (nSPS) is 15.0. The molecule has 0 spiro atoms. The summed E-state index contributed by atoms with van der Waals surface area (Å²) < 4.78 is 0. The number of carbonyl (C=O) groups is 2. The first-order valence-corrected chi connectivity index (χ1v) is 7.11. The van der Waals surface area contributed by atoms with E-state index in [0.717, 1.165) is 32.0 Å². The average molecular weight is 287 g/mol. The molecule has 0 atom stereocenters. The lowest BCUT2D eigenvalue weighted by Crippen LogP contribution is -2.25. The standard InChI is InChI=1S/C19H13NO2/c1-20-17(21)11-16(19(20)22)18-14-8-4-2-6-12(14)10-13-7-3-5-9-15(13)18/h2-11H,1H3. The first kappa shape index (κ1) is 12.8. The highest BCUT2D eigenvalue weighted by atomic mass is 16.2. The Morgan fingerprint density at radius 3 is 1.86 bits per heavy atom. The highest BCUT2D eigenvalue weighted by Gasteiger charge is 2.30. The second-order valence-corrected chi connectivity index (χ2v) is 5.45. The van der Waals surface area contributed by atoms with Crippen molar-refractivity contribution in [2.75, 3.05) is 7.05 Å². The zero-order chi connectivity index (χ0) is 15.3. The predicted octanol–water partition coefficient (Wildman–Crippen LogP) is 3.38. The SMILES string of the molecule is CN1C(=O)C=C(c2c3ccccc3cc3ccccc23)C1=O. The maximum absolute atomic E-state index is 12.4. The Bertz CT molecular complexity index is 931. The highest BCUT2D eigenvalue weighted by molar-refractivity contribution is 6.37. The van der Waals surface area contributed by atoms with Gasteiger partial charge >= 0.3 is 0 Å². The quantitative estimate of drug-likeness (QED) is 0.508. The monoisotopic (exact) mass is 287 g/mol. The van der Waals surface area contributed by atoms with Crippen molar-refractivity contribution in [1.82, 2.24) is 4.90 Å². The van der Waals surface area contributed by atoms with Gasteiger partial charge in [-0.2, -0.15) is 0 Å². The zero-order valence-electron chi connectivity index (χ0n) is 12.0. The van der Waals surface area contributed by atoms with E-state index in [1.807, 2.05) is 48.5 Å². The molecule has 0 aliphatic carbocycles. The fourth-order valence-electron chi connectivity index (χ4n) is 3.05. The van der Waals surface area contributed by atoms with E-state index in [1.54, 1.807) is 0 Å². The summed E-state index contributed by atoms with van der Waals surface area (Å²) in [6, 6.07) is 18.0. The number of rotatable bonds is 1. The summed E-state index contributed by atoms with van der Waals surface area (Å²) in [4.78, 5) is 25.5. The molecule has 3 aromatic rings. The summed E-state index contributed by atoms with van der Waals surface area (Å²) in [5.41, 5.74) is 1.32. The number of imide groups is 1. The number of fused-ring (bicyclic) bond motifs is 2. The fraction of sp³-hybridized carbons (Fsp3) is 0.0526. The molecule has 0 bridgehead atoms. The number of carbonyl (C=O) groups excluding carboxylic acids is 2. The van der Waals surface area contributed by atoms with E-state index in [0.29, 0.717) is 5.57 Å². The highest BCUT2D eigenvalue weighted by Crippen LogP contribution is 2.35. The van der Waals surface area contributed by atoms with Crippen LogP contribution in [-0.4, -0.2) is 23.8 Å². The minimum atomic E-state index is -0.267. The third kappa shape index (κ3) is 1.69. The van der Waals surface area contributed by atoms with E-state index in [1.165, 1.54) is 13.1 Å². The van der Waals surface area contributed by atoms with E-state index in [9.17, 15) is 9.59 Å². The minimum absolute atomic E-state index is 0.244. The Kier molecular flexibility index (Phi) is 2.63. The number of amides is 2. The van der Waals surface area contributed by atoms with E-state index in [4.69, 9.17) is 0 Å². The van der Waals surface area contributed by atoms with Crippen LogP contribution < -0.4 is 0 Å². The van der Waals surface area contributed by atoms with Crippen molar-refractivity contribution >= 4 is 38.9 Å². The Morgan fingerprint density at radius 2 is 1.36 bits per heavy atom. The van der Waals surface area contributed by atoms with Crippen LogP contribution in [0.15, 0.2) is 60.7 Å². The van der Waals surface area contributed by atoms with Crippen molar-refractivity contribution in [1.29, 1.82) is 0 Å². The smallest absolute Gasteiger partial charge is 0.261 e. The summed E-state index contributed by atoms with van der Waals surface area (Å²) in [5.74, 6) is -0.511. The van der Waals surface area contributed by atoms with Crippen LogP contribution in [0.25, 0.3) is 27.1 Å². The predicted molar refractivity (Wildman–Crippen MR) is 87.2 cm³/mol. The second kappa shape index (κ2) is 4.53. The molecule has 0 N–H and O–H groups in total. The molecule has 1 aliphatic heterocycles. The van der Waals surface area contributed by atoms with Gasteiger partial charge in [-0.05, 0) is 27.6 Å². The molecule has 0 aromatic heterocycles. The van der Waals surface area contributed by atoms with Gasteiger partial charge in [0.2, 0.25) is 0 Å². The molecule has 3 heteroatoms. The number of hydrogen-bond donors (Lipinski definition) is 0. The van der Waals surface area contributed by atoms with Gasteiger partial charge in [0.15, 0.2) is 0 Å². The van der Waals surface area contributed by atoms with E-state index in [2.05, 4.69) is 6.07 Å². The lowest BCUT2D eigenvalue weighted by Gasteiger charge is -2.13. The molecule has 0 radical (unpaired) electrons. The molecule has 0 saturated heterocycles. The van der Waals surface area contributed by atoms with Crippen LogP contribution in [0.1, 0.15) is 5.56 Å². The number of likely N-dealkylation sites (N-methyl/N-ethyl adjacent to an activating group) is 1. The van der Waals surface area contributed by atoms with Gasteiger partial charge in [0.25, 0.3) is 11.8 Å². The lowest BCUT2D eigenvalue weighted by atomic mass is 9.92. The second-order valence-electron chi connectivity index (χ2n) is 5.45. The fourth-order valence-corrected chi connectivity index (χ4v) is 3.05. The molecular weight excluding hydrogens is 274 g/mol. The molecule has 22 heavy (non-hydrogen) atoms. The maximum atomic E-state index is 12.4. The van der Waals surface area contributed by atoms with Crippen molar-refractivity contribution in [2.45, 2.75) is 0 Å². The summed E-state index contributed by atoms with van der Waals surface area (Å²) in [6.45, 7) is 0. The first-order chi connectivity index (χ1) is 10.7. The molecule has 0 fully saturated rings. The Labute approximate surface area is 127 Å². The Hall–Kier alpha value is -2.94. The number of benzene rings is 3.